The number of aliphatic carboxylic acids is 1. The summed E-state index contributed by atoms with van der Waals surface area (Å²) in [6.07, 6.45) is 0. The van der Waals surface area contributed by atoms with Gasteiger partial charge in [0.1, 0.15) is 0 Å². The monoisotopic (exact) mass is 356 g/mol. The van der Waals surface area contributed by atoms with E-state index in [9.17, 15) is 19.7 Å². The van der Waals surface area contributed by atoms with Crippen LogP contribution in [0.3, 0.4) is 0 Å². The van der Waals surface area contributed by atoms with Gasteiger partial charge < -0.3 is 10.4 Å². The van der Waals surface area contributed by atoms with Crippen molar-refractivity contribution in [2.75, 3.05) is 5.32 Å². The van der Waals surface area contributed by atoms with Crippen LogP contribution in [-0.4, -0.2) is 21.9 Å². The first-order valence-electron chi connectivity index (χ1n) is 5.81. The lowest BCUT2D eigenvalue weighted by Crippen LogP contribution is -2.16. The number of anilines is 1. The minimum atomic E-state index is -1.20. The third-order valence-corrected chi connectivity index (χ3v) is 3.61. The Balaban J connectivity index is 3.17. The average Bonchev–Trinajstić information content (AvgIpc) is 2.39. The van der Waals surface area contributed by atoms with Crippen LogP contribution in [-0.2, 0) is 9.59 Å². The van der Waals surface area contributed by atoms with Crippen molar-refractivity contribution in [2.24, 2.45) is 0 Å². The maximum absolute atomic E-state index is 12.0. The molecule has 0 aliphatic heterocycles. The van der Waals surface area contributed by atoms with E-state index in [1.54, 1.807) is 6.92 Å². The molecule has 0 bridgehead atoms. The molecule has 1 rings (SSSR count). The van der Waals surface area contributed by atoms with Crippen LogP contribution in [0.15, 0.2) is 27.8 Å². The highest BCUT2D eigenvalue weighted by molar-refractivity contribution is 9.10. The minimum Gasteiger partial charge on any atom is -0.478 e. The van der Waals surface area contributed by atoms with Crippen molar-refractivity contribution in [3.8, 4) is 0 Å². The molecule has 0 heterocycles. The summed E-state index contributed by atoms with van der Waals surface area (Å²) in [4.78, 5) is 33.1. The summed E-state index contributed by atoms with van der Waals surface area (Å²) in [6, 6.07) is 2.73. The highest BCUT2D eigenvalue weighted by Gasteiger charge is 2.18. The van der Waals surface area contributed by atoms with E-state index >= 15 is 0 Å². The van der Waals surface area contributed by atoms with Gasteiger partial charge in [-0.05, 0) is 42.8 Å². The topological polar surface area (TPSA) is 110 Å². The largest absolute Gasteiger partial charge is 0.478 e. The molecule has 1 aromatic carbocycles. The number of hydrogen-bond donors (Lipinski definition) is 2. The SMILES string of the molecule is C/C(C(=O)O)=C(/C)C(=O)Nc1cc([N+](=O)[O-])c(C)cc1Br. The molecule has 112 valence electrons. The number of nitrogens with one attached hydrogen (secondary N) is 1. The lowest BCUT2D eigenvalue weighted by Gasteiger charge is -2.10. The quantitative estimate of drug-likeness (QED) is 0.489. The van der Waals surface area contributed by atoms with Crippen LogP contribution in [0.25, 0.3) is 0 Å². The summed E-state index contributed by atoms with van der Waals surface area (Å²) in [5.74, 6) is -1.83. The van der Waals surface area contributed by atoms with Crippen molar-refractivity contribution < 1.29 is 19.6 Å². The van der Waals surface area contributed by atoms with Gasteiger partial charge >= 0.3 is 5.97 Å². The summed E-state index contributed by atoms with van der Waals surface area (Å²) in [6.45, 7) is 4.26. The first kappa shape index (κ1) is 16.8. The molecule has 0 spiro atoms. The molecule has 21 heavy (non-hydrogen) atoms. The molecule has 8 heteroatoms. The average molecular weight is 357 g/mol. The number of nitrogens with zero attached hydrogens (tertiary/aromatic N) is 1. The van der Waals surface area contributed by atoms with Crippen LogP contribution in [0.2, 0.25) is 0 Å². The normalized spacial score (nSPS) is 11.6. The summed E-state index contributed by atoms with van der Waals surface area (Å²) < 4.78 is 0.472. The standard InChI is InChI=1S/C13H13BrN2O5/c1-6-4-9(14)10(5-11(6)16(20)21)15-12(17)7(2)8(3)13(18)19/h4-5H,1-3H3,(H,15,17)(H,18,19)/b8-7+. The number of rotatable bonds is 4. The maximum atomic E-state index is 12.0. The zero-order valence-corrected chi connectivity index (χ0v) is 13.1. The highest BCUT2D eigenvalue weighted by Crippen LogP contribution is 2.31. The fourth-order valence-electron chi connectivity index (χ4n) is 1.50. The second kappa shape index (κ2) is 6.49. The number of nitro groups is 1. The number of halogens is 1. The number of carboxylic acid groups (broad SMARTS) is 1. The van der Waals surface area contributed by atoms with E-state index < -0.39 is 16.8 Å². The van der Waals surface area contributed by atoms with E-state index in [0.717, 1.165) is 0 Å². The van der Waals surface area contributed by atoms with Crippen LogP contribution < -0.4 is 5.32 Å². The van der Waals surface area contributed by atoms with Crippen molar-refractivity contribution >= 4 is 39.2 Å². The number of benzene rings is 1. The molecule has 0 saturated heterocycles. The van der Waals surface area contributed by atoms with Crippen LogP contribution in [0.4, 0.5) is 11.4 Å². The summed E-state index contributed by atoms with van der Waals surface area (Å²) in [5, 5.41) is 22.2. The van der Waals surface area contributed by atoms with Gasteiger partial charge in [-0.2, -0.15) is 0 Å². The second-order valence-corrected chi connectivity index (χ2v) is 5.24. The van der Waals surface area contributed by atoms with Gasteiger partial charge in [0.2, 0.25) is 0 Å². The molecule has 1 amide bonds. The van der Waals surface area contributed by atoms with Crippen molar-refractivity contribution in [2.45, 2.75) is 20.8 Å². The Morgan fingerprint density at radius 3 is 2.33 bits per heavy atom. The molecule has 0 atom stereocenters. The fraction of sp³-hybridized carbons (Fsp3) is 0.231. The molecular weight excluding hydrogens is 344 g/mol. The number of hydrogen-bond acceptors (Lipinski definition) is 4. The van der Waals surface area contributed by atoms with Crippen molar-refractivity contribution in [1.29, 1.82) is 0 Å². The molecule has 2 N–H and O–H groups in total. The van der Waals surface area contributed by atoms with E-state index in [4.69, 9.17) is 5.11 Å². The Kier molecular flexibility index (Phi) is 5.20. The molecular formula is C13H13BrN2O5. The third-order valence-electron chi connectivity index (χ3n) is 2.95. The van der Waals surface area contributed by atoms with E-state index in [-0.39, 0.29) is 22.5 Å². The number of amides is 1. The molecule has 0 fully saturated rings. The zero-order valence-electron chi connectivity index (χ0n) is 11.6. The maximum Gasteiger partial charge on any atom is 0.331 e. The van der Waals surface area contributed by atoms with Crippen molar-refractivity contribution in [3.63, 3.8) is 0 Å². The Morgan fingerprint density at radius 1 is 1.29 bits per heavy atom. The van der Waals surface area contributed by atoms with Gasteiger partial charge in [0.05, 0.1) is 10.6 Å². The number of nitro benzene ring substituents is 1. The first-order valence-corrected chi connectivity index (χ1v) is 6.61. The molecule has 0 unspecified atom stereocenters. The van der Waals surface area contributed by atoms with Gasteiger partial charge in [-0.3, -0.25) is 14.9 Å². The Labute approximate surface area is 128 Å². The molecule has 0 aliphatic carbocycles. The van der Waals surface area contributed by atoms with Gasteiger partial charge in [-0.15, -0.1) is 0 Å². The number of carbonyl (C=O) groups is 2. The molecule has 0 radical (unpaired) electrons. The number of carboxylic acids is 1. The molecule has 7 nitrogen and oxygen atoms in total. The van der Waals surface area contributed by atoms with Crippen LogP contribution in [0.5, 0.6) is 0 Å². The van der Waals surface area contributed by atoms with Crippen LogP contribution in [0.1, 0.15) is 19.4 Å². The Morgan fingerprint density at radius 2 is 1.86 bits per heavy atom. The predicted molar refractivity (Wildman–Crippen MR) is 80.2 cm³/mol. The highest BCUT2D eigenvalue weighted by atomic mass is 79.9. The molecule has 1 aromatic rings. The Bertz CT molecular complexity index is 667. The van der Waals surface area contributed by atoms with E-state index in [0.29, 0.717) is 10.0 Å². The van der Waals surface area contributed by atoms with Gasteiger partial charge in [0.25, 0.3) is 11.6 Å². The lowest BCUT2D eigenvalue weighted by molar-refractivity contribution is -0.385. The fourth-order valence-corrected chi connectivity index (χ4v) is 2.06. The summed E-state index contributed by atoms with van der Waals surface area (Å²) in [7, 11) is 0. The van der Waals surface area contributed by atoms with Gasteiger partial charge in [-0.1, -0.05) is 0 Å². The second-order valence-electron chi connectivity index (χ2n) is 4.38. The number of carbonyl (C=O) groups excluding carboxylic acids is 1. The van der Waals surface area contributed by atoms with Crippen molar-refractivity contribution in [3.05, 3.63) is 43.4 Å². The smallest absolute Gasteiger partial charge is 0.331 e. The Hall–Kier alpha value is -2.22. The van der Waals surface area contributed by atoms with Crippen LogP contribution in [0, 0.1) is 17.0 Å². The molecule has 0 aromatic heterocycles. The third kappa shape index (κ3) is 3.88. The first-order chi connectivity index (χ1) is 9.65. The van der Waals surface area contributed by atoms with Crippen molar-refractivity contribution in [1.82, 2.24) is 0 Å². The lowest BCUT2D eigenvalue weighted by atomic mass is 10.1. The summed E-state index contributed by atoms with van der Waals surface area (Å²) >= 11 is 3.20. The minimum absolute atomic E-state index is 0.0256. The molecule has 0 saturated carbocycles. The van der Waals surface area contributed by atoms with E-state index in [1.165, 1.54) is 26.0 Å². The van der Waals surface area contributed by atoms with Gasteiger partial charge in [-0.25, -0.2) is 4.79 Å². The van der Waals surface area contributed by atoms with Gasteiger partial charge in [0, 0.05) is 27.2 Å². The molecule has 0 aliphatic rings. The number of aryl methyl sites for hydroxylation is 1. The van der Waals surface area contributed by atoms with Gasteiger partial charge in [0.15, 0.2) is 0 Å². The summed E-state index contributed by atoms with van der Waals surface area (Å²) in [5.41, 5.74) is 0.446. The van der Waals surface area contributed by atoms with E-state index in [2.05, 4.69) is 21.2 Å². The predicted octanol–water partition coefficient (Wildman–Crippen LogP) is 3.03. The van der Waals surface area contributed by atoms with E-state index in [1.807, 2.05) is 0 Å². The van der Waals surface area contributed by atoms with Crippen LogP contribution >= 0.6 is 15.9 Å². The zero-order chi connectivity index (χ0) is 16.3.